The summed E-state index contributed by atoms with van der Waals surface area (Å²) in [5, 5.41) is 1.48. The molecule has 0 bridgehead atoms. The maximum Gasteiger partial charge on any atom is 0.507 e. The molecule has 0 atom stereocenters. The first kappa shape index (κ1) is 20.9. The molecule has 0 aliphatic heterocycles. The number of carbonyl (C=O) groups excluding carboxylic acids is 1. The Bertz CT molecular complexity index is 1110. The minimum atomic E-state index is -0.732. The first-order valence-corrected chi connectivity index (χ1v) is 9.83. The number of carbonyl (C=O) groups is 1. The van der Waals surface area contributed by atoms with Gasteiger partial charge in [0.1, 0.15) is 5.65 Å². The largest absolute Gasteiger partial charge is 0.507 e. The highest BCUT2D eigenvalue weighted by Crippen LogP contribution is 2.32. The summed E-state index contributed by atoms with van der Waals surface area (Å²) in [6.07, 6.45) is 0.206. The molecule has 2 aromatic heterocycles. The van der Waals surface area contributed by atoms with Gasteiger partial charge in [-0.2, -0.15) is 0 Å². The zero-order valence-corrected chi connectivity index (χ0v) is 17.5. The van der Waals surface area contributed by atoms with Crippen LogP contribution >= 0.6 is 11.6 Å². The van der Waals surface area contributed by atoms with Gasteiger partial charge in [0, 0.05) is 33.8 Å². The average molecular weight is 415 g/mol. The fourth-order valence-electron chi connectivity index (χ4n) is 3.43. The highest BCUT2D eigenvalue weighted by atomic mass is 35.5. The van der Waals surface area contributed by atoms with Gasteiger partial charge < -0.3 is 9.47 Å². The van der Waals surface area contributed by atoms with Crippen LogP contribution in [0.25, 0.3) is 22.2 Å². The van der Waals surface area contributed by atoms with Crippen LogP contribution in [0.3, 0.4) is 0 Å². The number of ether oxygens (including phenoxy) is 2. The number of hydrogen-bond donors (Lipinski definition) is 0. The summed E-state index contributed by atoms with van der Waals surface area (Å²) < 4.78 is 11.1. The lowest BCUT2D eigenvalue weighted by atomic mass is 9.94. The van der Waals surface area contributed by atoms with Crippen molar-refractivity contribution >= 4 is 28.8 Å². The number of nitrogens with zero attached hydrogens (tertiary/aromatic N) is 2. The zero-order chi connectivity index (χ0) is 21.0. The van der Waals surface area contributed by atoms with E-state index >= 15 is 0 Å². The number of benzene rings is 1. The predicted molar refractivity (Wildman–Crippen MR) is 114 cm³/mol. The maximum absolute atomic E-state index is 13.3. The molecule has 0 amide bonds. The molecule has 3 rings (SSSR count). The number of hydrogen-bond acceptors (Lipinski definition) is 5. The van der Waals surface area contributed by atoms with Gasteiger partial charge >= 0.3 is 6.16 Å². The van der Waals surface area contributed by atoms with Crippen molar-refractivity contribution < 1.29 is 14.3 Å². The number of halogens is 1. The van der Waals surface area contributed by atoms with Crippen LogP contribution in [-0.4, -0.2) is 29.4 Å². The molecule has 7 heteroatoms. The molecule has 1 aromatic carbocycles. The number of methoxy groups -OCH3 is 1. The van der Waals surface area contributed by atoms with E-state index < -0.39 is 6.16 Å². The van der Waals surface area contributed by atoms with Crippen LogP contribution in [0.15, 0.2) is 41.2 Å². The third kappa shape index (κ3) is 4.43. The summed E-state index contributed by atoms with van der Waals surface area (Å²) in [5.41, 5.74) is 3.74. The van der Waals surface area contributed by atoms with Gasteiger partial charge in [0.2, 0.25) is 0 Å². The molecule has 29 heavy (non-hydrogen) atoms. The Hall–Kier alpha value is -2.86. The second-order valence-corrected chi connectivity index (χ2v) is 7.08. The fraction of sp³-hybridized carbons (Fsp3) is 0.318. The lowest BCUT2D eigenvalue weighted by molar-refractivity contribution is 0.0719. The first-order valence-electron chi connectivity index (χ1n) is 9.46. The van der Waals surface area contributed by atoms with Crippen LogP contribution < -0.4 is 5.56 Å². The van der Waals surface area contributed by atoms with Gasteiger partial charge in [0.15, 0.2) is 0 Å². The number of fused-ring (bicyclic) bond motifs is 1. The van der Waals surface area contributed by atoms with Crippen LogP contribution in [0.1, 0.15) is 24.6 Å². The summed E-state index contributed by atoms with van der Waals surface area (Å²) in [5.74, 6) is 0. The number of rotatable bonds is 6. The zero-order valence-electron chi connectivity index (χ0n) is 16.7. The van der Waals surface area contributed by atoms with Crippen LogP contribution in [-0.2, 0) is 22.4 Å². The molecule has 0 N–H and O–H groups in total. The van der Waals surface area contributed by atoms with Crippen LogP contribution in [0.2, 0.25) is 5.02 Å². The molecule has 0 aliphatic rings. The van der Waals surface area contributed by atoms with Gasteiger partial charge in [0.05, 0.1) is 13.7 Å². The molecule has 152 valence electrons. The average Bonchev–Trinajstić information content (AvgIpc) is 2.71. The number of pyridine rings is 2. The quantitative estimate of drug-likeness (QED) is 0.429. The van der Waals surface area contributed by atoms with E-state index in [0.29, 0.717) is 35.6 Å². The van der Waals surface area contributed by atoms with Gasteiger partial charge in [-0.1, -0.05) is 23.7 Å². The van der Waals surface area contributed by atoms with Crippen molar-refractivity contribution in [1.82, 2.24) is 9.55 Å². The van der Waals surface area contributed by atoms with Crippen LogP contribution in [0, 0.1) is 6.92 Å². The van der Waals surface area contributed by atoms with Crippen molar-refractivity contribution in [2.45, 2.75) is 33.2 Å². The molecule has 0 radical (unpaired) electrons. The molecule has 2 heterocycles. The van der Waals surface area contributed by atoms with Crippen LogP contribution in [0.4, 0.5) is 4.79 Å². The summed E-state index contributed by atoms with van der Waals surface area (Å²) in [7, 11) is 1.26. The summed E-state index contributed by atoms with van der Waals surface area (Å²) >= 11 is 6.23. The minimum Gasteiger partial charge on any atom is -0.438 e. The number of aromatic nitrogens is 2. The van der Waals surface area contributed by atoms with Crippen molar-refractivity contribution in [3.63, 3.8) is 0 Å². The van der Waals surface area contributed by atoms with Crippen molar-refractivity contribution in [3.8, 4) is 11.1 Å². The Morgan fingerprint density at radius 2 is 2.03 bits per heavy atom. The SMILES string of the molecule is CCn1c(=O)c(CCCOC(=O)OC)c(-c2cccc(Cl)c2)c2ccc(C)nc21. The molecule has 6 nitrogen and oxygen atoms in total. The molecule has 0 saturated carbocycles. The second kappa shape index (κ2) is 9.09. The summed E-state index contributed by atoms with van der Waals surface area (Å²) in [4.78, 5) is 29.2. The molecular weight excluding hydrogens is 392 g/mol. The standard InChI is InChI=1S/C22H23ClN2O4/c1-4-25-20-17(11-10-14(2)24-20)19(15-7-5-8-16(23)13-15)18(21(25)26)9-6-12-29-22(27)28-3/h5,7-8,10-11,13H,4,6,9,12H2,1-3H3. The van der Waals surface area contributed by atoms with E-state index in [0.717, 1.165) is 22.2 Å². The lowest BCUT2D eigenvalue weighted by Crippen LogP contribution is -2.26. The third-order valence-electron chi connectivity index (χ3n) is 4.73. The molecular formula is C22H23ClN2O4. The molecule has 0 fully saturated rings. The van der Waals surface area contributed by atoms with E-state index in [2.05, 4.69) is 9.72 Å². The normalized spacial score (nSPS) is 10.9. The van der Waals surface area contributed by atoms with E-state index in [9.17, 15) is 9.59 Å². The maximum atomic E-state index is 13.3. The van der Waals surface area contributed by atoms with E-state index in [1.807, 2.05) is 44.2 Å². The lowest BCUT2D eigenvalue weighted by Gasteiger charge is -2.17. The molecule has 0 aliphatic carbocycles. The molecule has 3 aromatic rings. The summed E-state index contributed by atoms with van der Waals surface area (Å²) in [6.45, 7) is 4.50. The Morgan fingerprint density at radius 1 is 1.24 bits per heavy atom. The summed E-state index contributed by atoms with van der Waals surface area (Å²) in [6, 6.07) is 11.4. The predicted octanol–water partition coefficient (Wildman–Crippen LogP) is 4.76. The van der Waals surface area contributed by atoms with Crippen molar-refractivity contribution in [3.05, 3.63) is 63.0 Å². The van der Waals surface area contributed by atoms with Gasteiger partial charge in [-0.05, 0) is 56.5 Å². The van der Waals surface area contributed by atoms with Crippen LogP contribution in [0.5, 0.6) is 0 Å². The smallest absolute Gasteiger partial charge is 0.438 e. The third-order valence-corrected chi connectivity index (χ3v) is 4.97. The Kier molecular flexibility index (Phi) is 6.54. The van der Waals surface area contributed by atoms with Crippen molar-refractivity contribution in [1.29, 1.82) is 0 Å². The molecule has 0 saturated heterocycles. The monoisotopic (exact) mass is 414 g/mol. The van der Waals surface area contributed by atoms with E-state index in [1.165, 1.54) is 7.11 Å². The van der Waals surface area contributed by atoms with Crippen molar-refractivity contribution in [2.75, 3.05) is 13.7 Å². The van der Waals surface area contributed by atoms with Gasteiger partial charge in [-0.15, -0.1) is 0 Å². The Morgan fingerprint density at radius 3 is 2.72 bits per heavy atom. The van der Waals surface area contributed by atoms with E-state index in [1.54, 1.807) is 10.6 Å². The number of aryl methyl sites for hydroxylation is 2. The topological polar surface area (TPSA) is 70.4 Å². The van der Waals surface area contributed by atoms with Gasteiger partial charge in [-0.25, -0.2) is 9.78 Å². The highest BCUT2D eigenvalue weighted by molar-refractivity contribution is 6.30. The van der Waals surface area contributed by atoms with E-state index in [4.69, 9.17) is 16.3 Å². The fourth-order valence-corrected chi connectivity index (χ4v) is 3.63. The van der Waals surface area contributed by atoms with Gasteiger partial charge in [0.25, 0.3) is 5.56 Å². The minimum absolute atomic E-state index is 0.0915. The van der Waals surface area contributed by atoms with E-state index in [-0.39, 0.29) is 12.2 Å². The second-order valence-electron chi connectivity index (χ2n) is 6.64. The Balaban J connectivity index is 2.18. The van der Waals surface area contributed by atoms with Gasteiger partial charge in [-0.3, -0.25) is 9.36 Å². The molecule has 0 spiro atoms. The first-order chi connectivity index (χ1) is 14.0. The molecule has 0 unspecified atom stereocenters. The highest BCUT2D eigenvalue weighted by Gasteiger charge is 2.19. The Labute approximate surface area is 174 Å². The van der Waals surface area contributed by atoms with Crippen molar-refractivity contribution in [2.24, 2.45) is 0 Å².